The lowest BCUT2D eigenvalue weighted by Gasteiger charge is -2.25. The molecule has 1 fully saturated rings. The van der Waals surface area contributed by atoms with Gasteiger partial charge in [-0.1, -0.05) is 24.2 Å². The summed E-state index contributed by atoms with van der Waals surface area (Å²) in [5.74, 6) is 0.734. The van der Waals surface area contributed by atoms with Crippen LogP contribution in [0, 0.1) is 5.82 Å². The molecule has 126 valence electrons. The third-order valence-electron chi connectivity index (χ3n) is 4.61. The van der Waals surface area contributed by atoms with Crippen LogP contribution in [-0.2, 0) is 17.6 Å². The molecule has 2 aromatic rings. The second kappa shape index (κ2) is 5.89. The van der Waals surface area contributed by atoms with E-state index in [1.165, 1.54) is 6.07 Å². The highest BCUT2D eigenvalue weighted by atomic mass is 19.1. The van der Waals surface area contributed by atoms with Crippen molar-refractivity contribution in [2.24, 2.45) is 0 Å². The van der Waals surface area contributed by atoms with Crippen LogP contribution in [0.4, 0.5) is 4.39 Å². The molecule has 0 aliphatic carbocycles. The van der Waals surface area contributed by atoms with Gasteiger partial charge in [0, 0.05) is 24.9 Å². The van der Waals surface area contributed by atoms with Crippen LogP contribution < -0.4 is 4.74 Å². The minimum absolute atomic E-state index is 0.143. The van der Waals surface area contributed by atoms with Crippen LogP contribution >= 0.6 is 0 Å². The molecule has 0 unspecified atom stereocenters. The van der Waals surface area contributed by atoms with Gasteiger partial charge in [-0.2, -0.15) is 4.98 Å². The van der Waals surface area contributed by atoms with E-state index in [0.29, 0.717) is 31.1 Å². The Morgan fingerprint density at radius 1 is 1.46 bits per heavy atom. The Balaban J connectivity index is 1.53. The number of carbonyl (C=O) groups excluding carboxylic acids is 1. The van der Waals surface area contributed by atoms with E-state index < -0.39 is 11.9 Å². The normalized spacial score (nSPS) is 22.5. The third-order valence-corrected chi connectivity index (χ3v) is 4.61. The van der Waals surface area contributed by atoms with Gasteiger partial charge in [-0.3, -0.25) is 4.79 Å². The number of hydrogen-bond acceptors (Lipinski definition) is 5. The number of halogens is 1. The lowest BCUT2D eigenvalue weighted by molar-refractivity contribution is -0.139. The number of nitrogens with zero attached hydrogens (tertiary/aromatic N) is 3. The first-order valence-corrected chi connectivity index (χ1v) is 8.24. The highest BCUT2D eigenvalue weighted by Crippen LogP contribution is 2.35. The monoisotopic (exact) mass is 331 g/mol. The van der Waals surface area contributed by atoms with Crippen molar-refractivity contribution < 1.29 is 18.4 Å². The Hall–Kier alpha value is -2.44. The number of hydrogen-bond donors (Lipinski definition) is 0. The number of aromatic nitrogens is 2. The van der Waals surface area contributed by atoms with Crippen molar-refractivity contribution >= 4 is 5.91 Å². The van der Waals surface area contributed by atoms with Crippen LogP contribution in [0.3, 0.4) is 0 Å². The summed E-state index contributed by atoms with van der Waals surface area (Å²) in [6, 6.07) is 4.57. The van der Waals surface area contributed by atoms with Crippen molar-refractivity contribution in [1.29, 1.82) is 0 Å². The fourth-order valence-corrected chi connectivity index (χ4v) is 3.40. The van der Waals surface area contributed by atoms with Crippen LogP contribution in [0.2, 0.25) is 0 Å². The van der Waals surface area contributed by atoms with E-state index in [1.807, 2.05) is 6.92 Å². The quantitative estimate of drug-likeness (QED) is 0.864. The van der Waals surface area contributed by atoms with Crippen molar-refractivity contribution in [3.63, 3.8) is 0 Å². The summed E-state index contributed by atoms with van der Waals surface area (Å²) in [7, 11) is 0. The zero-order chi connectivity index (χ0) is 16.7. The first-order valence-electron chi connectivity index (χ1n) is 8.24. The molecule has 0 saturated carbocycles. The topological polar surface area (TPSA) is 68.5 Å². The first kappa shape index (κ1) is 15.1. The summed E-state index contributed by atoms with van der Waals surface area (Å²) >= 11 is 0. The largest absolute Gasteiger partial charge is 0.477 e. The molecule has 6 nitrogen and oxygen atoms in total. The maximum atomic E-state index is 13.8. The highest BCUT2D eigenvalue weighted by Gasteiger charge is 2.40. The number of ether oxygens (including phenoxy) is 1. The SMILES string of the molecule is CCc1nc([C@H]2CCCN2C(=O)[C@H]2Cc3cccc(F)c3O2)no1. The van der Waals surface area contributed by atoms with Gasteiger partial charge in [0.2, 0.25) is 5.89 Å². The number of aryl methyl sites for hydroxylation is 1. The molecule has 0 N–H and O–H groups in total. The molecule has 1 saturated heterocycles. The molecule has 4 rings (SSSR count). The maximum absolute atomic E-state index is 13.8. The van der Waals surface area contributed by atoms with E-state index in [9.17, 15) is 9.18 Å². The maximum Gasteiger partial charge on any atom is 0.264 e. The van der Waals surface area contributed by atoms with Gasteiger partial charge in [-0.05, 0) is 18.9 Å². The summed E-state index contributed by atoms with van der Waals surface area (Å²) < 4.78 is 24.6. The number of fused-ring (bicyclic) bond motifs is 1. The van der Waals surface area contributed by atoms with Crippen LogP contribution in [-0.4, -0.2) is 33.6 Å². The number of amides is 1. The molecule has 1 amide bonds. The standard InChI is InChI=1S/C17H18FN3O3/c1-2-14-19-16(20-24-14)12-7-4-8-21(12)17(22)13-9-10-5-3-6-11(18)15(10)23-13/h3,5-6,12-13H,2,4,7-9H2,1H3/t12-,13-/m1/s1. The molecule has 1 aromatic carbocycles. The van der Waals surface area contributed by atoms with Crippen LogP contribution in [0.1, 0.15) is 43.1 Å². The fourth-order valence-electron chi connectivity index (χ4n) is 3.40. The summed E-state index contributed by atoms with van der Waals surface area (Å²) in [5, 5.41) is 4.00. The van der Waals surface area contributed by atoms with Gasteiger partial charge in [0.25, 0.3) is 5.91 Å². The predicted octanol–water partition coefficient (Wildman–Crippen LogP) is 2.44. The van der Waals surface area contributed by atoms with E-state index in [-0.39, 0.29) is 17.7 Å². The molecule has 2 aliphatic heterocycles. The van der Waals surface area contributed by atoms with E-state index in [0.717, 1.165) is 18.4 Å². The highest BCUT2D eigenvalue weighted by molar-refractivity contribution is 5.83. The zero-order valence-corrected chi connectivity index (χ0v) is 13.4. The predicted molar refractivity (Wildman–Crippen MR) is 81.9 cm³/mol. The van der Waals surface area contributed by atoms with Crippen molar-refractivity contribution in [3.05, 3.63) is 41.3 Å². The molecule has 3 heterocycles. The van der Waals surface area contributed by atoms with E-state index in [4.69, 9.17) is 9.26 Å². The van der Waals surface area contributed by atoms with E-state index in [2.05, 4.69) is 10.1 Å². The van der Waals surface area contributed by atoms with Crippen molar-refractivity contribution in [1.82, 2.24) is 15.0 Å². The Bertz CT molecular complexity index is 776. The number of rotatable bonds is 3. The smallest absolute Gasteiger partial charge is 0.264 e. The average Bonchev–Trinajstić information content (AvgIpc) is 3.31. The molecule has 1 aromatic heterocycles. The van der Waals surface area contributed by atoms with E-state index in [1.54, 1.807) is 17.0 Å². The number of para-hydroxylation sites is 1. The molecule has 0 radical (unpaired) electrons. The van der Waals surface area contributed by atoms with Crippen LogP contribution in [0.15, 0.2) is 22.7 Å². The van der Waals surface area contributed by atoms with Gasteiger partial charge >= 0.3 is 0 Å². The third kappa shape index (κ3) is 2.44. The lowest BCUT2D eigenvalue weighted by atomic mass is 10.1. The zero-order valence-electron chi connectivity index (χ0n) is 13.4. The van der Waals surface area contributed by atoms with Crippen molar-refractivity contribution in [2.75, 3.05) is 6.54 Å². The van der Waals surface area contributed by atoms with Gasteiger partial charge in [-0.15, -0.1) is 0 Å². The Kier molecular flexibility index (Phi) is 3.70. The first-order chi connectivity index (χ1) is 11.7. The molecule has 2 aliphatic rings. The summed E-state index contributed by atoms with van der Waals surface area (Å²) in [4.78, 5) is 19.0. The second-order valence-corrected chi connectivity index (χ2v) is 6.13. The minimum Gasteiger partial charge on any atom is -0.477 e. The average molecular weight is 331 g/mol. The molecule has 0 spiro atoms. The molecule has 7 heteroatoms. The number of likely N-dealkylation sites (tertiary alicyclic amines) is 1. The molecule has 0 bridgehead atoms. The molecular formula is C17H18FN3O3. The summed E-state index contributed by atoms with van der Waals surface area (Å²) in [6.07, 6.45) is 2.04. The van der Waals surface area contributed by atoms with Crippen LogP contribution in [0.5, 0.6) is 5.75 Å². The Morgan fingerprint density at radius 3 is 3.08 bits per heavy atom. The fraction of sp³-hybridized carbons (Fsp3) is 0.471. The second-order valence-electron chi connectivity index (χ2n) is 6.13. The Labute approximate surface area is 138 Å². The van der Waals surface area contributed by atoms with Crippen LogP contribution in [0.25, 0.3) is 0 Å². The lowest BCUT2D eigenvalue weighted by Crippen LogP contribution is -2.41. The van der Waals surface area contributed by atoms with Gasteiger partial charge in [0.05, 0.1) is 6.04 Å². The molecule has 2 atom stereocenters. The number of benzene rings is 1. The van der Waals surface area contributed by atoms with Gasteiger partial charge in [-0.25, -0.2) is 4.39 Å². The van der Waals surface area contributed by atoms with Crippen molar-refractivity contribution in [3.8, 4) is 5.75 Å². The van der Waals surface area contributed by atoms with Gasteiger partial charge < -0.3 is 14.2 Å². The Morgan fingerprint density at radius 2 is 2.33 bits per heavy atom. The molecule has 24 heavy (non-hydrogen) atoms. The van der Waals surface area contributed by atoms with E-state index >= 15 is 0 Å². The summed E-state index contributed by atoms with van der Waals surface area (Å²) in [5.41, 5.74) is 0.733. The van der Waals surface area contributed by atoms with Gasteiger partial charge in [0.1, 0.15) is 0 Å². The minimum atomic E-state index is -0.685. The van der Waals surface area contributed by atoms with Gasteiger partial charge in [0.15, 0.2) is 23.5 Å². The summed E-state index contributed by atoms with van der Waals surface area (Å²) in [6.45, 7) is 2.56. The molecular weight excluding hydrogens is 313 g/mol. The van der Waals surface area contributed by atoms with Crippen molar-refractivity contribution in [2.45, 2.75) is 44.8 Å². The number of carbonyl (C=O) groups is 1.